The molecule has 0 aromatic heterocycles. The fourth-order valence-corrected chi connectivity index (χ4v) is 3.95. The van der Waals surface area contributed by atoms with Crippen molar-refractivity contribution < 1.29 is 19.5 Å². The smallest absolute Gasteiger partial charge is 0.274 e. The van der Waals surface area contributed by atoms with Crippen LogP contribution in [-0.4, -0.2) is 27.8 Å². The van der Waals surface area contributed by atoms with Gasteiger partial charge in [0.05, 0.1) is 11.0 Å². The number of nitrogens with zero attached hydrogens (tertiary/aromatic N) is 1. The first kappa shape index (κ1) is 16.8. The number of hydrogen-bond acceptors (Lipinski definition) is 4. The second-order valence-corrected chi connectivity index (χ2v) is 7.66. The highest BCUT2D eigenvalue weighted by atomic mass is 35.5. The van der Waals surface area contributed by atoms with Gasteiger partial charge in [-0.1, -0.05) is 32.4 Å². The molecule has 3 amide bonds. The molecule has 0 unspecified atom stereocenters. The number of piperidine rings is 1. The Morgan fingerprint density at radius 2 is 2.00 bits per heavy atom. The molecule has 1 aromatic carbocycles. The summed E-state index contributed by atoms with van der Waals surface area (Å²) in [7, 11) is 0. The van der Waals surface area contributed by atoms with E-state index in [1.807, 2.05) is 20.8 Å². The van der Waals surface area contributed by atoms with Crippen molar-refractivity contribution in [3.05, 3.63) is 28.8 Å². The minimum atomic E-state index is -0.751. The van der Waals surface area contributed by atoms with E-state index < -0.39 is 28.6 Å². The summed E-state index contributed by atoms with van der Waals surface area (Å²) >= 11 is 5.84. The van der Waals surface area contributed by atoms with Crippen molar-refractivity contribution in [2.24, 2.45) is 16.7 Å². The fourth-order valence-electron chi connectivity index (χ4n) is 3.78. The monoisotopic (exact) mass is 350 g/mol. The van der Waals surface area contributed by atoms with E-state index in [4.69, 9.17) is 11.6 Å². The van der Waals surface area contributed by atoms with Crippen molar-refractivity contribution in [2.45, 2.75) is 33.6 Å². The zero-order valence-electron chi connectivity index (χ0n) is 13.7. The zero-order valence-corrected chi connectivity index (χ0v) is 14.5. The van der Waals surface area contributed by atoms with Gasteiger partial charge in [-0.15, -0.1) is 0 Å². The number of carbonyl (C=O) groups is 3. The van der Waals surface area contributed by atoms with Gasteiger partial charge in [-0.3, -0.25) is 19.8 Å². The first-order chi connectivity index (χ1) is 11.1. The number of fused-ring (bicyclic) bond motifs is 2. The zero-order chi connectivity index (χ0) is 17.9. The average Bonchev–Trinajstić information content (AvgIpc) is 2.70. The van der Waals surface area contributed by atoms with Crippen LogP contribution in [0.25, 0.3) is 0 Å². The number of phenolic OH excluding ortho intramolecular Hbond substituents is 1. The van der Waals surface area contributed by atoms with E-state index in [1.165, 1.54) is 18.2 Å². The summed E-state index contributed by atoms with van der Waals surface area (Å²) in [5.74, 6) is -2.17. The van der Waals surface area contributed by atoms with Crippen LogP contribution >= 0.6 is 11.6 Å². The highest BCUT2D eigenvalue weighted by Gasteiger charge is 2.64. The summed E-state index contributed by atoms with van der Waals surface area (Å²) in [5, 5.41) is 10.9. The predicted molar refractivity (Wildman–Crippen MR) is 87.0 cm³/mol. The molecule has 2 aliphatic rings. The molecule has 2 N–H and O–H groups in total. The van der Waals surface area contributed by atoms with Crippen LogP contribution in [0.5, 0.6) is 5.75 Å². The molecule has 2 bridgehead atoms. The number of hydrogen-bond donors (Lipinski definition) is 2. The molecule has 3 rings (SSSR count). The molecular formula is C17H19ClN2O4. The van der Waals surface area contributed by atoms with E-state index in [0.29, 0.717) is 12.8 Å². The number of imide groups is 1. The lowest BCUT2D eigenvalue weighted by Crippen LogP contribution is -2.63. The van der Waals surface area contributed by atoms with Gasteiger partial charge in [0, 0.05) is 10.9 Å². The summed E-state index contributed by atoms with van der Waals surface area (Å²) in [6.45, 7) is 5.67. The molecule has 1 aliphatic carbocycles. The lowest BCUT2D eigenvalue weighted by Gasteiger charge is -2.47. The van der Waals surface area contributed by atoms with Crippen LogP contribution in [0.15, 0.2) is 18.2 Å². The van der Waals surface area contributed by atoms with E-state index >= 15 is 0 Å². The summed E-state index contributed by atoms with van der Waals surface area (Å²) in [5.41, 5.74) is 1.08. The van der Waals surface area contributed by atoms with Crippen LogP contribution < -0.4 is 5.43 Å². The van der Waals surface area contributed by atoms with Crippen molar-refractivity contribution in [2.75, 3.05) is 0 Å². The van der Waals surface area contributed by atoms with Gasteiger partial charge in [0.25, 0.3) is 17.7 Å². The lowest BCUT2D eigenvalue weighted by molar-refractivity contribution is -0.171. The van der Waals surface area contributed by atoms with Gasteiger partial charge in [-0.05, 0) is 36.5 Å². The van der Waals surface area contributed by atoms with Gasteiger partial charge in [0.1, 0.15) is 5.75 Å². The first-order valence-corrected chi connectivity index (χ1v) is 8.15. The van der Waals surface area contributed by atoms with Crippen LogP contribution in [0.1, 0.15) is 44.0 Å². The number of aromatic hydroxyl groups is 1. The topological polar surface area (TPSA) is 86.7 Å². The van der Waals surface area contributed by atoms with Gasteiger partial charge >= 0.3 is 0 Å². The van der Waals surface area contributed by atoms with Crippen LogP contribution in [0.2, 0.25) is 5.02 Å². The third-order valence-corrected chi connectivity index (χ3v) is 6.07. The third kappa shape index (κ3) is 2.13. The van der Waals surface area contributed by atoms with Crippen LogP contribution in [0.4, 0.5) is 0 Å². The standard InChI is InChI=1S/C17H19ClN2O4/c1-16(2)11-6-7-17(16,3)15(24)20(14(11)23)19-13(22)10-8-9(18)4-5-12(10)21/h4-5,8,11,21H,6-7H2,1-3H3,(H,19,22)/t11-,17-/m0/s1. The Hall–Kier alpha value is -2.08. The van der Waals surface area contributed by atoms with E-state index in [0.717, 1.165) is 5.01 Å². The number of halogens is 1. The maximum atomic E-state index is 12.9. The number of carbonyl (C=O) groups excluding carboxylic acids is 3. The van der Waals surface area contributed by atoms with E-state index in [9.17, 15) is 19.5 Å². The molecule has 7 heteroatoms. The molecule has 1 aliphatic heterocycles. The normalized spacial score (nSPS) is 28.2. The molecule has 0 radical (unpaired) electrons. The Bertz CT molecular complexity index is 761. The molecule has 6 nitrogen and oxygen atoms in total. The first-order valence-electron chi connectivity index (χ1n) is 7.77. The minimum Gasteiger partial charge on any atom is -0.507 e. The van der Waals surface area contributed by atoms with Crippen molar-refractivity contribution in [3.63, 3.8) is 0 Å². The molecule has 1 saturated heterocycles. The largest absolute Gasteiger partial charge is 0.507 e. The maximum Gasteiger partial charge on any atom is 0.274 e. The van der Waals surface area contributed by atoms with Gasteiger partial charge in [-0.2, -0.15) is 5.01 Å². The highest BCUT2D eigenvalue weighted by Crippen LogP contribution is 2.59. The van der Waals surface area contributed by atoms with Crippen LogP contribution in [0, 0.1) is 16.7 Å². The Balaban J connectivity index is 1.91. The Labute approximate surface area is 144 Å². The van der Waals surface area contributed by atoms with Crippen molar-refractivity contribution in [1.82, 2.24) is 10.4 Å². The number of rotatable bonds is 2. The molecule has 2 atom stereocenters. The summed E-state index contributed by atoms with van der Waals surface area (Å²) in [4.78, 5) is 37.9. The Kier molecular flexibility index (Phi) is 3.64. The van der Waals surface area contributed by atoms with Crippen LogP contribution in [-0.2, 0) is 9.59 Å². The fraction of sp³-hybridized carbons (Fsp3) is 0.471. The SMILES string of the molecule is CC1(C)[C@H]2CC[C@@]1(C)C(=O)N(NC(=O)c1cc(Cl)ccc1O)C2=O. The molecule has 1 saturated carbocycles. The molecule has 1 heterocycles. The van der Waals surface area contributed by atoms with E-state index in [2.05, 4.69) is 5.43 Å². The van der Waals surface area contributed by atoms with E-state index in [-0.39, 0.29) is 22.3 Å². The highest BCUT2D eigenvalue weighted by molar-refractivity contribution is 6.31. The van der Waals surface area contributed by atoms with E-state index in [1.54, 1.807) is 0 Å². The second kappa shape index (κ2) is 5.21. The molecular weight excluding hydrogens is 332 g/mol. The number of benzene rings is 1. The van der Waals surface area contributed by atoms with Gasteiger partial charge in [0.2, 0.25) is 0 Å². The minimum absolute atomic E-state index is 0.0922. The maximum absolute atomic E-state index is 12.9. The Morgan fingerprint density at radius 3 is 2.67 bits per heavy atom. The van der Waals surface area contributed by atoms with Gasteiger partial charge in [0.15, 0.2) is 0 Å². The average molecular weight is 351 g/mol. The summed E-state index contributed by atoms with van der Waals surface area (Å²) < 4.78 is 0. The molecule has 2 fully saturated rings. The second-order valence-electron chi connectivity index (χ2n) is 7.23. The van der Waals surface area contributed by atoms with Crippen molar-refractivity contribution in [3.8, 4) is 5.75 Å². The summed E-state index contributed by atoms with van der Waals surface area (Å²) in [6.07, 6.45) is 1.22. The number of amides is 3. The van der Waals surface area contributed by atoms with Crippen molar-refractivity contribution in [1.29, 1.82) is 0 Å². The van der Waals surface area contributed by atoms with Gasteiger partial charge < -0.3 is 5.11 Å². The molecule has 24 heavy (non-hydrogen) atoms. The molecule has 0 spiro atoms. The third-order valence-electron chi connectivity index (χ3n) is 5.84. The van der Waals surface area contributed by atoms with Crippen molar-refractivity contribution >= 4 is 29.3 Å². The predicted octanol–water partition coefficient (Wildman–Crippen LogP) is 2.50. The molecule has 1 aromatic rings. The van der Waals surface area contributed by atoms with Gasteiger partial charge in [-0.25, -0.2) is 0 Å². The number of nitrogens with one attached hydrogen (secondary N) is 1. The number of phenols is 1. The Morgan fingerprint density at radius 1 is 1.33 bits per heavy atom. The molecule has 128 valence electrons. The quantitative estimate of drug-likeness (QED) is 0.802. The number of hydrazine groups is 1. The lowest BCUT2D eigenvalue weighted by atomic mass is 9.63. The van der Waals surface area contributed by atoms with Crippen LogP contribution in [0.3, 0.4) is 0 Å². The summed E-state index contributed by atoms with van der Waals surface area (Å²) in [6, 6.07) is 4.01.